The second kappa shape index (κ2) is 5.65. The van der Waals surface area contributed by atoms with Gasteiger partial charge in [-0.2, -0.15) is 5.10 Å². The van der Waals surface area contributed by atoms with E-state index in [4.69, 9.17) is 17.3 Å². The number of carbonyl (C=O) groups excluding carboxylic acids is 1. The Balaban J connectivity index is 1.51. The Morgan fingerprint density at radius 3 is 2.78 bits per heavy atom. The molecule has 2 aromatic rings. The molecule has 0 radical (unpaired) electrons. The molecule has 3 atom stereocenters. The van der Waals surface area contributed by atoms with Crippen LogP contribution in [0, 0.1) is 11.8 Å². The molecule has 6 heteroatoms. The number of amides is 1. The Morgan fingerprint density at radius 1 is 1.26 bits per heavy atom. The van der Waals surface area contributed by atoms with Gasteiger partial charge in [-0.15, -0.1) is 0 Å². The van der Waals surface area contributed by atoms with E-state index in [-0.39, 0.29) is 11.9 Å². The van der Waals surface area contributed by atoms with Crippen LogP contribution in [0.5, 0.6) is 0 Å². The van der Waals surface area contributed by atoms with Gasteiger partial charge in [0.25, 0.3) is 5.91 Å². The fourth-order valence-corrected chi connectivity index (χ4v) is 3.97. The minimum atomic E-state index is 0.0133. The van der Waals surface area contributed by atoms with Crippen molar-refractivity contribution in [2.24, 2.45) is 17.6 Å². The number of nitrogens with two attached hydrogens (primary N) is 1. The van der Waals surface area contributed by atoms with E-state index < -0.39 is 0 Å². The number of fused-ring (bicyclic) bond motifs is 1. The summed E-state index contributed by atoms with van der Waals surface area (Å²) in [4.78, 5) is 14.6. The molecule has 1 aromatic carbocycles. The summed E-state index contributed by atoms with van der Waals surface area (Å²) in [5, 5.41) is 7.80. The average molecular weight is 331 g/mol. The van der Waals surface area contributed by atoms with E-state index in [9.17, 15) is 4.79 Å². The van der Waals surface area contributed by atoms with Gasteiger partial charge in [0, 0.05) is 29.7 Å². The van der Waals surface area contributed by atoms with Gasteiger partial charge in [-0.25, -0.2) is 0 Å². The Morgan fingerprint density at radius 2 is 2.04 bits per heavy atom. The lowest BCUT2D eigenvalue weighted by atomic mass is 9.98. The van der Waals surface area contributed by atoms with Crippen LogP contribution in [-0.2, 0) is 0 Å². The van der Waals surface area contributed by atoms with Crippen LogP contribution in [0.15, 0.2) is 30.3 Å². The second-order valence-corrected chi connectivity index (χ2v) is 6.99. The van der Waals surface area contributed by atoms with Crippen molar-refractivity contribution in [1.29, 1.82) is 0 Å². The highest BCUT2D eigenvalue weighted by Gasteiger charge is 2.42. The van der Waals surface area contributed by atoms with Crippen molar-refractivity contribution < 1.29 is 4.79 Å². The highest BCUT2D eigenvalue weighted by atomic mass is 35.5. The Hall–Kier alpha value is -1.85. The number of likely N-dealkylation sites (tertiary alicyclic amines) is 1. The standard InChI is InChI=1S/C17H19ClN4O/c18-12-4-1-10(2-5-12)15-7-16(21-20-15)17(23)22-8-11-3-6-14(19)13(11)9-22/h1-2,4-5,7,11,13-14H,3,6,8-9,19H2,(H,20,21). The molecule has 3 N–H and O–H groups in total. The zero-order valence-electron chi connectivity index (χ0n) is 12.7. The van der Waals surface area contributed by atoms with Crippen molar-refractivity contribution in [3.8, 4) is 11.3 Å². The third-order valence-corrected chi connectivity index (χ3v) is 5.40. The van der Waals surface area contributed by atoms with Crippen molar-refractivity contribution in [2.75, 3.05) is 13.1 Å². The zero-order valence-corrected chi connectivity index (χ0v) is 13.5. The molecule has 0 spiro atoms. The number of benzene rings is 1. The molecule has 1 aliphatic carbocycles. The SMILES string of the molecule is NC1CCC2CN(C(=O)c3cc(-c4ccc(Cl)cc4)n[nH]3)CC12. The van der Waals surface area contributed by atoms with E-state index in [0.717, 1.165) is 37.2 Å². The van der Waals surface area contributed by atoms with Gasteiger partial charge in [-0.05, 0) is 42.9 Å². The van der Waals surface area contributed by atoms with Crippen LogP contribution in [0.1, 0.15) is 23.3 Å². The number of rotatable bonds is 2. The predicted molar refractivity (Wildman–Crippen MR) is 89.1 cm³/mol. The normalized spacial score (nSPS) is 26.5. The van der Waals surface area contributed by atoms with E-state index in [0.29, 0.717) is 22.6 Å². The zero-order chi connectivity index (χ0) is 16.0. The van der Waals surface area contributed by atoms with Gasteiger partial charge < -0.3 is 10.6 Å². The van der Waals surface area contributed by atoms with E-state index in [2.05, 4.69) is 10.2 Å². The van der Waals surface area contributed by atoms with Crippen LogP contribution >= 0.6 is 11.6 Å². The van der Waals surface area contributed by atoms with Gasteiger partial charge in [-0.3, -0.25) is 9.89 Å². The van der Waals surface area contributed by atoms with Crippen molar-refractivity contribution in [1.82, 2.24) is 15.1 Å². The van der Waals surface area contributed by atoms with E-state index in [1.807, 2.05) is 29.2 Å². The number of hydrogen-bond donors (Lipinski definition) is 2. The first-order valence-corrected chi connectivity index (χ1v) is 8.36. The summed E-state index contributed by atoms with van der Waals surface area (Å²) in [5.74, 6) is 1.03. The van der Waals surface area contributed by atoms with Crippen molar-refractivity contribution in [3.05, 3.63) is 41.0 Å². The molecule has 120 valence electrons. The fourth-order valence-electron chi connectivity index (χ4n) is 3.84. The summed E-state index contributed by atoms with van der Waals surface area (Å²) in [5.41, 5.74) is 8.36. The molecule has 5 nitrogen and oxygen atoms in total. The molecule has 4 rings (SSSR count). The summed E-state index contributed by atoms with van der Waals surface area (Å²) in [7, 11) is 0. The molecule has 2 aliphatic rings. The van der Waals surface area contributed by atoms with Crippen LogP contribution in [0.3, 0.4) is 0 Å². The molecule has 23 heavy (non-hydrogen) atoms. The molecule has 2 fully saturated rings. The van der Waals surface area contributed by atoms with Gasteiger partial charge in [0.1, 0.15) is 5.69 Å². The predicted octanol–water partition coefficient (Wildman–Crippen LogP) is 2.54. The molecular formula is C17H19ClN4O. The molecule has 1 aromatic heterocycles. The molecule has 1 saturated carbocycles. The maximum atomic E-state index is 12.7. The van der Waals surface area contributed by atoms with Gasteiger partial charge >= 0.3 is 0 Å². The minimum Gasteiger partial charge on any atom is -0.337 e. The monoisotopic (exact) mass is 330 g/mol. The van der Waals surface area contributed by atoms with Gasteiger partial charge in [-0.1, -0.05) is 23.7 Å². The number of H-pyrrole nitrogens is 1. The van der Waals surface area contributed by atoms with Gasteiger partial charge in [0.2, 0.25) is 0 Å². The second-order valence-electron chi connectivity index (χ2n) is 6.55. The summed E-state index contributed by atoms with van der Waals surface area (Å²) >= 11 is 5.90. The summed E-state index contributed by atoms with van der Waals surface area (Å²) in [6.07, 6.45) is 2.22. The van der Waals surface area contributed by atoms with E-state index >= 15 is 0 Å². The first kappa shape index (κ1) is 14.7. The number of carbonyl (C=O) groups is 1. The summed E-state index contributed by atoms with van der Waals surface area (Å²) < 4.78 is 0. The van der Waals surface area contributed by atoms with Crippen LogP contribution in [0.4, 0.5) is 0 Å². The van der Waals surface area contributed by atoms with Crippen molar-refractivity contribution in [2.45, 2.75) is 18.9 Å². The van der Waals surface area contributed by atoms with Crippen LogP contribution < -0.4 is 5.73 Å². The van der Waals surface area contributed by atoms with Crippen LogP contribution in [-0.4, -0.2) is 40.1 Å². The molecule has 1 amide bonds. The van der Waals surface area contributed by atoms with Gasteiger partial charge in [0.05, 0.1) is 5.69 Å². The molecule has 1 saturated heterocycles. The van der Waals surface area contributed by atoms with Crippen molar-refractivity contribution >= 4 is 17.5 Å². The number of aromatic amines is 1. The van der Waals surface area contributed by atoms with Crippen molar-refractivity contribution in [3.63, 3.8) is 0 Å². The highest BCUT2D eigenvalue weighted by Crippen LogP contribution is 2.37. The lowest BCUT2D eigenvalue weighted by molar-refractivity contribution is 0.0773. The lowest BCUT2D eigenvalue weighted by Crippen LogP contribution is -2.33. The first-order chi connectivity index (χ1) is 11.1. The maximum Gasteiger partial charge on any atom is 0.271 e. The Labute approximate surface area is 139 Å². The minimum absolute atomic E-state index is 0.0133. The van der Waals surface area contributed by atoms with E-state index in [1.165, 1.54) is 0 Å². The third kappa shape index (κ3) is 2.64. The van der Waals surface area contributed by atoms with Crippen LogP contribution in [0.25, 0.3) is 11.3 Å². The lowest BCUT2D eigenvalue weighted by Gasteiger charge is -2.17. The Kier molecular flexibility index (Phi) is 3.62. The Bertz CT molecular complexity index is 726. The smallest absolute Gasteiger partial charge is 0.271 e. The average Bonchev–Trinajstić information content (AvgIpc) is 3.25. The topological polar surface area (TPSA) is 75.0 Å². The first-order valence-electron chi connectivity index (χ1n) is 7.98. The number of hydrogen-bond acceptors (Lipinski definition) is 3. The quantitative estimate of drug-likeness (QED) is 0.888. The number of nitrogens with zero attached hydrogens (tertiary/aromatic N) is 2. The highest BCUT2D eigenvalue weighted by molar-refractivity contribution is 6.30. The fraction of sp³-hybridized carbons (Fsp3) is 0.412. The molecule has 3 unspecified atom stereocenters. The van der Waals surface area contributed by atoms with Crippen LogP contribution in [0.2, 0.25) is 5.02 Å². The molecular weight excluding hydrogens is 312 g/mol. The van der Waals surface area contributed by atoms with Gasteiger partial charge in [0.15, 0.2) is 0 Å². The summed E-state index contributed by atoms with van der Waals surface area (Å²) in [6, 6.07) is 9.47. The maximum absolute atomic E-state index is 12.7. The summed E-state index contributed by atoms with van der Waals surface area (Å²) in [6.45, 7) is 1.58. The number of halogens is 1. The number of aromatic nitrogens is 2. The molecule has 1 aliphatic heterocycles. The largest absolute Gasteiger partial charge is 0.337 e. The third-order valence-electron chi connectivity index (χ3n) is 5.15. The number of nitrogens with one attached hydrogen (secondary N) is 1. The molecule has 0 bridgehead atoms. The van der Waals surface area contributed by atoms with E-state index in [1.54, 1.807) is 6.07 Å². The molecule has 2 heterocycles.